The quantitative estimate of drug-likeness (QED) is 0.663. The summed E-state index contributed by atoms with van der Waals surface area (Å²) in [6, 6.07) is 2.63. The number of nitro benzene ring substituents is 1. The molecule has 0 aliphatic carbocycles. The van der Waals surface area contributed by atoms with Gasteiger partial charge in [0.25, 0.3) is 5.69 Å². The number of hydrogen-bond acceptors (Lipinski definition) is 4. The number of rotatable bonds is 5. The summed E-state index contributed by atoms with van der Waals surface area (Å²) >= 11 is 0. The molecule has 0 amide bonds. The highest BCUT2D eigenvalue weighted by atomic mass is 32.2. The molecule has 0 unspecified atom stereocenters. The lowest BCUT2D eigenvalue weighted by Crippen LogP contribution is -2.28. The van der Waals surface area contributed by atoms with Gasteiger partial charge in [0, 0.05) is 12.6 Å². The van der Waals surface area contributed by atoms with Crippen LogP contribution in [0.15, 0.2) is 17.0 Å². The van der Waals surface area contributed by atoms with Crippen LogP contribution < -0.4 is 4.72 Å². The first-order valence-electron chi connectivity index (χ1n) is 5.90. The first-order valence-corrected chi connectivity index (χ1v) is 7.38. The molecule has 7 heteroatoms. The molecule has 6 nitrogen and oxygen atoms in total. The van der Waals surface area contributed by atoms with Gasteiger partial charge in [0.2, 0.25) is 10.0 Å². The summed E-state index contributed by atoms with van der Waals surface area (Å²) in [5.41, 5.74) is 1.00. The Morgan fingerprint density at radius 1 is 1.26 bits per heavy atom. The van der Waals surface area contributed by atoms with Crippen LogP contribution in [0.1, 0.15) is 25.0 Å². The molecule has 0 saturated heterocycles. The third-order valence-electron chi connectivity index (χ3n) is 2.74. The van der Waals surface area contributed by atoms with E-state index in [9.17, 15) is 18.5 Å². The summed E-state index contributed by atoms with van der Waals surface area (Å²) in [6.45, 7) is 7.39. The highest BCUT2D eigenvalue weighted by Crippen LogP contribution is 2.27. The van der Waals surface area contributed by atoms with Crippen molar-refractivity contribution in [1.82, 2.24) is 4.72 Å². The van der Waals surface area contributed by atoms with Crippen molar-refractivity contribution in [3.8, 4) is 0 Å². The molecular formula is C12H18N2O4S. The molecular weight excluding hydrogens is 268 g/mol. The average molecular weight is 286 g/mol. The Hall–Kier alpha value is -1.47. The van der Waals surface area contributed by atoms with E-state index in [2.05, 4.69) is 4.72 Å². The van der Waals surface area contributed by atoms with Gasteiger partial charge in [0.05, 0.1) is 4.92 Å². The van der Waals surface area contributed by atoms with E-state index >= 15 is 0 Å². The predicted molar refractivity (Wildman–Crippen MR) is 72.6 cm³/mol. The van der Waals surface area contributed by atoms with Crippen molar-refractivity contribution in [3.63, 3.8) is 0 Å². The summed E-state index contributed by atoms with van der Waals surface area (Å²) in [6.07, 6.45) is 0. The molecule has 1 aromatic rings. The van der Waals surface area contributed by atoms with Crippen molar-refractivity contribution in [2.24, 2.45) is 5.92 Å². The normalized spacial score (nSPS) is 11.8. The lowest BCUT2D eigenvalue weighted by Gasteiger charge is -2.10. The van der Waals surface area contributed by atoms with Crippen LogP contribution in [0, 0.1) is 29.9 Å². The third-order valence-corrected chi connectivity index (χ3v) is 4.20. The SMILES string of the molecule is Cc1cc([N+](=O)[O-])c(S(=O)(=O)NCC(C)C)cc1C. The molecule has 106 valence electrons. The van der Waals surface area contributed by atoms with E-state index < -0.39 is 14.9 Å². The smallest absolute Gasteiger partial charge is 0.258 e. The van der Waals surface area contributed by atoms with Gasteiger partial charge in [-0.15, -0.1) is 0 Å². The molecule has 0 atom stereocenters. The Morgan fingerprint density at radius 3 is 2.26 bits per heavy atom. The zero-order valence-corrected chi connectivity index (χ0v) is 12.2. The number of aryl methyl sites for hydroxylation is 2. The molecule has 1 rings (SSSR count). The fraction of sp³-hybridized carbons (Fsp3) is 0.500. The van der Waals surface area contributed by atoms with Crippen LogP contribution in [0.25, 0.3) is 0 Å². The Kier molecular flexibility index (Phi) is 4.65. The lowest BCUT2D eigenvalue weighted by molar-refractivity contribution is -0.387. The van der Waals surface area contributed by atoms with Crippen molar-refractivity contribution in [3.05, 3.63) is 33.4 Å². The molecule has 0 aromatic heterocycles. The Labute approximate surface area is 113 Å². The highest BCUT2D eigenvalue weighted by molar-refractivity contribution is 7.89. The zero-order valence-electron chi connectivity index (χ0n) is 11.4. The van der Waals surface area contributed by atoms with Gasteiger partial charge in [-0.1, -0.05) is 13.8 Å². The zero-order chi connectivity index (χ0) is 14.8. The number of sulfonamides is 1. The second kappa shape index (κ2) is 5.66. The van der Waals surface area contributed by atoms with Crippen LogP contribution >= 0.6 is 0 Å². The standard InChI is InChI=1S/C12H18N2O4S/c1-8(2)7-13-19(17,18)12-6-10(4)9(3)5-11(12)14(15)16/h5-6,8,13H,7H2,1-4H3. The van der Waals surface area contributed by atoms with Crippen LogP contribution in [-0.2, 0) is 10.0 Å². The number of nitrogens with zero attached hydrogens (tertiary/aromatic N) is 1. The van der Waals surface area contributed by atoms with Crippen molar-refractivity contribution in [2.75, 3.05) is 6.54 Å². The number of hydrogen-bond donors (Lipinski definition) is 1. The Morgan fingerprint density at radius 2 is 1.79 bits per heavy atom. The van der Waals surface area contributed by atoms with Gasteiger partial charge >= 0.3 is 0 Å². The second-order valence-corrected chi connectivity index (χ2v) is 6.64. The van der Waals surface area contributed by atoms with Crippen LogP contribution in [0.3, 0.4) is 0 Å². The van der Waals surface area contributed by atoms with Crippen LogP contribution in [-0.4, -0.2) is 19.9 Å². The maximum atomic E-state index is 12.1. The summed E-state index contributed by atoms with van der Waals surface area (Å²) in [7, 11) is -3.86. The largest absolute Gasteiger partial charge is 0.289 e. The Balaban J connectivity index is 3.32. The van der Waals surface area contributed by atoms with E-state index in [1.807, 2.05) is 13.8 Å². The van der Waals surface area contributed by atoms with Gasteiger partial charge in [-0.3, -0.25) is 10.1 Å². The van der Waals surface area contributed by atoms with Gasteiger partial charge in [0.1, 0.15) is 0 Å². The molecule has 1 N–H and O–H groups in total. The van der Waals surface area contributed by atoms with E-state index in [0.717, 1.165) is 0 Å². The van der Waals surface area contributed by atoms with E-state index in [0.29, 0.717) is 11.1 Å². The maximum absolute atomic E-state index is 12.1. The monoisotopic (exact) mass is 286 g/mol. The molecule has 0 spiro atoms. The number of nitro groups is 1. The minimum Gasteiger partial charge on any atom is -0.258 e. The molecule has 0 radical (unpaired) electrons. The average Bonchev–Trinajstić information content (AvgIpc) is 2.29. The Bertz CT molecular complexity index is 594. The fourth-order valence-electron chi connectivity index (χ4n) is 1.49. The van der Waals surface area contributed by atoms with E-state index in [-0.39, 0.29) is 23.0 Å². The molecule has 0 saturated carbocycles. The highest BCUT2D eigenvalue weighted by Gasteiger charge is 2.26. The summed E-state index contributed by atoms with van der Waals surface area (Å²) in [5, 5.41) is 11.0. The topological polar surface area (TPSA) is 89.3 Å². The first kappa shape index (κ1) is 15.6. The summed E-state index contributed by atoms with van der Waals surface area (Å²) in [4.78, 5) is 10.0. The van der Waals surface area contributed by atoms with Crippen molar-refractivity contribution < 1.29 is 13.3 Å². The van der Waals surface area contributed by atoms with Gasteiger partial charge in [-0.25, -0.2) is 13.1 Å². The molecule has 0 aliphatic rings. The van der Waals surface area contributed by atoms with E-state index in [1.54, 1.807) is 13.8 Å². The number of benzene rings is 1. The first-order chi connectivity index (χ1) is 8.65. The van der Waals surface area contributed by atoms with Crippen LogP contribution in [0.2, 0.25) is 0 Å². The van der Waals surface area contributed by atoms with Crippen LogP contribution in [0.5, 0.6) is 0 Å². The molecule has 0 aliphatic heterocycles. The summed E-state index contributed by atoms with van der Waals surface area (Å²) in [5.74, 6) is 0.125. The van der Waals surface area contributed by atoms with Crippen molar-refractivity contribution in [2.45, 2.75) is 32.6 Å². The number of nitrogens with one attached hydrogen (secondary N) is 1. The fourth-order valence-corrected chi connectivity index (χ4v) is 2.94. The van der Waals surface area contributed by atoms with Gasteiger partial charge < -0.3 is 0 Å². The van der Waals surface area contributed by atoms with E-state index in [1.165, 1.54) is 12.1 Å². The minimum atomic E-state index is -3.86. The van der Waals surface area contributed by atoms with E-state index in [4.69, 9.17) is 0 Å². The predicted octanol–water partition coefficient (Wildman–Crippen LogP) is 2.15. The second-order valence-electron chi connectivity index (χ2n) is 4.91. The summed E-state index contributed by atoms with van der Waals surface area (Å²) < 4.78 is 26.6. The maximum Gasteiger partial charge on any atom is 0.289 e. The molecule has 1 aromatic carbocycles. The van der Waals surface area contributed by atoms with Crippen LogP contribution in [0.4, 0.5) is 5.69 Å². The van der Waals surface area contributed by atoms with Gasteiger partial charge in [-0.2, -0.15) is 0 Å². The van der Waals surface area contributed by atoms with Crippen molar-refractivity contribution in [1.29, 1.82) is 0 Å². The molecule has 0 fully saturated rings. The third kappa shape index (κ3) is 3.74. The molecule has 0 bridgehead atoms. The van der Waals surface area contributed by atoms with Gasteiger partial charge in [-0.05, 0) is 37.0 Å². The van der Waals surface area contributed by atoms with Crippen molar-refractivity contribution >= 4 is 15.7 Å². The molecule has 0 heterocycles. The molecule has 19 heavy (non-hydrogen) atoms. The minimum absolute atomic E-state index is 0.125. The van der Waals surface area contributed by atoms with Gasteiger partial charge in [0.15, 0.2) is 4.90 Å². The lowest BCUT2D eigenvalue weighted by atomic mass is 10.1.